The number of aryl methyl sites for hydroxylation is 3. The van der Waals surface area contributed by atoms with E-state index in [-0.39, 0.29) is 19.0 Å². The van der Waals surface area contributed by atoms with Crippen molar-refractivity contribution in [3.8, 4) is 5.75 Å². The highest BCUT2D eigenvalue weighted by Gasteiger charge is 2.09. The van der Waals surface area contributed by atoms with Gasteiger partial charge in [0.2, 0.25) is 0 Å². The summed E-state index contributed by atoms with van der Waals surface area (Å²) in [6, 6.07) is 7.19. The largest absolute Gasteiger partial charge is 0.496 e. The molecule has 6 heteroatoms. The van der Waals surface area contributed by atoms with Crippen LogP contribution in [0.2, 0.25) is 5.02 Å². The third-order valence-electron chi connectivity index (χ3n) is 3.26. The smallest absolute Gasteiger partial charge is 0.308 e. The molecule has 0 saturated heterocycles. The Kier molecular flexibility index (Phi) is 5.44. The van der Waals surface area contributed by atoms with Gasteiger partial charge in [-0.05, 0) is 38.1 Å². The van der Waals surface area contributed by atoms with E-state index in [0.717, 1.165) is 17.0 Å². The minimum absolute atomic E-state index is 0.139. The van der Waals surface area contributed by atoms with Crippen molar-refractivity contribution in [2.75, 3.05) is 7.11 Å². The van der Waals surface area contributed by atoms with Gasteiger partial charge in [0, 0.05) is 16.3 Å². The Morgan fingerprint density at radius 1 is 1.32 bits per heavy atom. The van der Waals surface area contributed by atoms with Crippen LogP contribution < -0.4 is 4.74 Å². The molecule has 1 aromatic heterocycles. The lowest BCUT2D eigenvalue weighted by Crippen LogP contribution is -2.11. The fraction of sp³-hybridized carbons (Fsp3) is 0.375. The number of ether oxygens (including phenoxy) is 2. The zero-order chi connectivity index (χ0) is 16.1. The summed E-state index contributed by atoms with van der Waals surface area (Å²) in [5, 5.41) is 4.89. The average molecular weight is 323 g/mol. The SMILES string of the molecule is COc1ccc(Cl)cc1COC(=O)CCn1nc(C)cc1C. The number of esters is 1. The first-order valence-electron chi connectivity index (χ1n) is 6.98. The van der Waals surface area contributed by atoms with Crippen LogP contribution in [0.25, 0.3) is 0 Å². The van der Waals surface area contributed by atoms with Gasteiger partial charge in [0.15, 0.2) is 0 Å². The van der Waals surface area contributed by atoms with E-state index in [1.807, 2.05) is 19.9 Å². The van der Waals surface area contributed by atoms with E-state index >= 15 is 0 Å². The second-order valence-corrected chi connectivity index (χ2v) is 5.45. The van der Waals surface area contributed by atoms with E-state index < -0.39 is 0 Å². The molecule has 0 bridgehead atoms. The summed E-state index contributed by atoms with van der Waals surface area (Å²) in [6.07, 6.45) is 0.269. The molecular weight excluding hydrogens is 304 g/mol. The van der Waals surface area contributed by atoms with E-state index in [9.17, 15) is 4.79 Å². The molecule has 0 N–H and O–H groups in total. The molecule has 5 nitrogen and oxygen atoms in total. The van der Waals surface area contributed by atoms with Gasteiger partial charge in [0.05, 0.1) is 25.8 Å². The Balaban J connectivity index is 1.88. The summed E-state index contributed by atoms with van der Waals surface area (Å²) in [6.45, 7) is 4.53. The van der Waals surface area contributed by atoms with Crippen LogP contribution >= 0.6 is 11.6 Å². The van der Waals surface area contributed by atoms with Crippen LogP contribution in [-0.4, -0.2) is 22.9 Å². The standard InChI is InChI=1S/C16H19ClN2O3/c1-11-8-12(2)19(18-11)7-6-16(20)22-10-13-9-14(17)4-5-15(13)21-3/h4-5,8-9H,6-7,10H2,1-3H3. The second-order valence-electron chi connectivity index (χ2n) is 5.02. The topological polar surface area (TPSA) is 53.4 Å². The van der Waals surface area contributed by atoms with Crippen LogP contribution in [0, 0.1) is 13.8 Å². The summed E-state index contributed by atoms with van der Waals surface area (Å²) in [5.41, 5.74) is 2.71. The lowest BCUT2D eigenvalue weighted by molar-refractivity contribution is -0.145. The molecule has 0 fully saturated rings. The van der Waals surface area contributed by atoms with Gasteiger partial charge in [0.25, 0.3) is 0 Å². The molecule has 0 spiro atoms. The number of aromatic nitrogens is 2. The zero-order valence-electron chi connectivity index (χ0n) is 12.9. The van der Waals surface area contributed by atoms with E-state index in [1.54, 1.807) is 30.0 Å². The zero-order valence-corrected chi connectivity index (χ0v) is 13.7. The molecule has 2 aromatic rings. The highest BCUT2D eigenvalue weighted by atomic mass is 35.5. The van der Waals surface area contributed by atoms with Crippen molar-refractivity contribution < 1.29 is 14.3 Å². The van der Waals surface area contributed by atoms with Gasteiger partial charge >= 0.3 is 5.97 Å². The molecule has 118 valence electrons. The molecule has 0 amide bonds. The van der Waals surface area contributed by atoms with Crippen molar-refractivity contribution in [2.45, 2.75) is 33.4 Å². The Morgan fingerprint density at radius 2 is 2.09 bits per heavy atom. The predicted octanol–water partition coefficient (Wildman–Crippen LogP) is 3.30. The van der Waals surface area contributed by atoms with Crippen LogP contribution in [0.15, 0.2) is 24.3 Å². The Labute approximate surface area is 134 Å². The van der Waals surface area contributed by atoms with Crippen molar-refractivity contribution in [1.29, 1.82) is 0 Å². The van der Waals surface area contributed by atoms with Crippen LogP contribution in [0.4, 0.5) is 0 Å². The van der Waals surface area contributed by atoms with Crippen LogP contribution in [-0.2, 0) is 22.7 Å². The number of benzene rings is 1. The first kappa shape index (κ1) is 16.4. The minimum Gasteiger partial charge on any atom is -0.496 e. The van der Waals surface area contributed by atoms with Crippen LogP contribution in [0.5, 0.6) is 5.75 Å². The van der Waals surface area contributed by atoms with Gasteiger partial charge in [0.1, 0.15) is 12.4 Å². The van der Waals surface area contributed by atoms with Gasteiger partial charge in [-0.15, -0.1) is 0 Å². The summed E-state index contributed by atoms with van der Waals surface area (Å²) in [4.78, 5) is 11.9. The van der Waals surface area contributed by atoms with Gasteiger partial charge in [-0.25, -0.2) is 0 Å². The number of hydrogen-bond acceptors (Lipinski definition) is 4. The van der Waals surface area contributed by atoms with Crippen molar-refractivity contribution in [3.63, 3.8) is 0 Å². The van der Waals surface area contributed by atoms with Crippen molar-refractivity contribution >= 4 is 17.6 Å². The predicted molar refractivity (Wildman–Crippen MR) is 84.1 cm³/mol. The molecule has 1 heterocycles. The minimum atomic E-state index is -0.283. The highest BCUT2D eigenvalue weighted by molar-refractivity contribution is 6.30. The second kappa shape index (κ2) is 7.31. The number of halogens is 1. The summed E-state index contributed by atoms with van der Waals surface area (Å²) < 4.78 is 12.3. The molecule has 0 radical (unpaired) electrons. The average Bonchev–Trinajstić information content (AvgIpc) is 2.81. The lowest BCUT2D eigenvalue weighted by Gasteiger charge is -2.10. The Bertz CT molecular complexity index is 667. The molecule has 1 aromatic carbocycles. The molecule has 0 aliphatic heterocycles. The molecule has 0 atom stereocenters. The Hall–Kier alpha value is -2.01. The first-order chi connectivity index (χ1) is 10.5. The molecule has 2 rings (SSSR count). The Morgan fingerprint density at radius 3 is 2.73 bits per heavy atom. The number of carbonyl (C=O) groups excluding carboxylic acids is 1. The van der Waals surface area contributed by atoms with E-state index in [2.05, 4.69) is 5.10 Å². The highest BCUT2D eigenvalue weighted by Crippen LogP contribution is 2.23. The summed E-state index contributed by atoms with van der Waals surface area (Å²) >= 11 is 5.94. The number of nitrogens with zero attached hydrogens (tertiary/aromatic N) is 2. The van der Waals surface area contributed by atoms with Crippen LogP contribution in [0.1, 0.15) is 23.4 Å². The fourth-order valence-electron chi connectivity index (χ4n) is 2.19. The maximum Gasteiger partial charge on any atom is 0.308 e. The fourth-order valence-corrected chi connectivity index (χ4v) is 2.38. The van der Waals surface area contributed by atoms with E-state index in [1.165, 1.54) is 0 Å². The van der Waals surface area contributed by atoms with Gasteiger partial charge in [-0.2, -0.15) is 5.10 Å². The molecule has 0 aliphatic carbocycles. The third-order valence-corrected chi connectivity index (χ3v) is 3.50. The molecule has 0 aliphatic rings. The third kappa shape index (κ3) is 4.24. The van der Waals surface area contributed by atoms with Gasteiger partial charge < -0.3 is 9.47 Å². The molecule has 22 heavy (non-hydrogen) atoms. The van der Waals surface area contributed by atoms with Crippen molar-refractivity contribution in [3.05, 3.63) is 46.2 Å². The summed E-state index contributed by atoms with van der Waals surface area (Å²) in [5.74, 6) is 0.366. The molecule has 0 unspecified atom stereocenters. The van der Waals surface area contributed by atoms with Crippen molar-refractivity contribution in [2.24, 2.45) is 0 Å². The van der Waals surface area contributed by atoms with Gasteiger partial charge in [-0.3, -0.25) is 9.48 Å². The van der Waals surface area contributed by atoms with Gasteiger partial charge in [-0.1, -0.05) is 11.6 Å². The van der Waals surface area contributed by atoms with E-state index in [0.29, 0.717) is 17.3 Å². The molecular formula is C16H19ClN2O3. The molecule has 0 saturated carbocycles. The normalized spacial score (nSPS) is 10.5. The number of rotatable bonds is 6. The number of carbonyl (C=O) groups is 1. The number of methoxy groups -OCH3 is 1. The monoisotopic (exact) mass is 322 g/mol. The summed E-state index contributed by atoms with van der Waals surface area (Å²) in [7, 11) is 1.57. The van der Waals surface area contributed by atoms with Crippen molar-refractivity contribution in [1.82, 2.24) is 9.78 Å². The number of hydrogen-bond donors (Lipinski definition) is 0. The van der Waals surface area contributed by atoms with E-state index in [4.69, 9.17) is 21.1 Å². The quantitative estimate of drug-likeness (QED) is 0.766. The van der Waals surface area contributed by atoms with Crippen LogP contribution in [0.3, 0.4) is 0 Å². The maximum absolute atomic E-state index is 11.9. The maximum atomic E-state index is 11.9. The lowest BCUT2D eigenvalue weighted by atomic mass is 10.2. The first-order valence-corrected chi connectivity index (χ1v) is 7.36.